The van der Waals surface area contributed by atoms with Crippen LogP contribution in [-0.4, -0.2) is 33.7 Å². The SMILES string of the molecule is CCOC1CC(N)(C(=O)NC(C)c2nc3ccccc3n2C(C)C)C1(C)C. The molecule has 1 aliphatic carbocycles. The molecular formula is C21H32N4O2. The van der Waals surface area contributed by atoms with E-state index in [0.29, 0.717) is 13.0 Å². The Morgan fingerprint density at radius 1 is 1.37 bits per heavy atom. The van der Waals surface area contributed by atoms with E-state index in [1.165, 1.54) is 0 Å². The summed E-state index contributed by atoms with van der Waals surface area (Å²) in [5.41, 5.74) is 7.19. The van der Waals surface area contributed by atoms with Gasteiger partial charge in [-0.3, -0.25) is 4.79 Å². The Bertz CT molecular complexity index is 842. The van der Waals surface area contributed by atoms with E-state index in [1.54, 1.807) is 0 Å². The van der Waals surface area contributed by atoms with Crippen LogP contribution in [0.4, 0.5) is 0 Å². The molecule has 6 heteroatoms. The highest BCUT2D eigenvalue weighted by molar-refractivity contribution is 5.89. The zero-order valence-corrected chi connectivity index (χ0v) is 17.2. The van der Waals surface area contributed by atoms with Crippen LogP contribution in [0.25, 0.3) is 11.0 Å². The average molecular weight is 373 g/mol. The van der Waals surface area contributed by atoms with Gasteiger partial charge in [-0.05, 0) is 39.8 Å². The predicted molar refractivity (Wildman–Crippen MR) is 107 cm³/mol. The molecule has 1 aliphatic rings. The molecule has 3 rings (SSSR count). The van der Waals surface area contributed by atoms with Gasteiger partial charge in [-0.25, -0.2) is 4.98 Å². The minimum atomic E-state index is -0.935. The quantitative estimate of drug-likeness (QED) is 0.815. The van der Waals surface area contributed by atoms with E-state index in [9.17, 15) is 4.79 Å². The Morgan fingerprint density at radius 2 is 2.04 bits per heavy atom. The van der Waals surface area contributed by atoms with E-state index < -0.39 is 11.0 Å². The zero-order valence-electron chi connectivity index (χ0n) is 17.2. The van der Waals surface area contributed by atoms with Crippen molar-refractivity contribution in [2.75, 3.05) is 6.61 Å². The van der Waals surface area contributed by atoms with Gasteiger partial charge in [-0.1, -0.05) is 26.0 Å². The molecule has 3 N–H and O–H groups in total. The standard InChI is InChI=1S/C21H32N4O2/c1-7-27-17-12-21(22,20(17,5)6)19(26)23-14(4)18-24-15-10-8-9-11-16(15)25(18)13(2)3/h8-11,13-14,17H,7,12,22H2,1-6H3,(H,23,26). The van der Waals surface area contributed by atoms with Crippen LogP contribution in [-0.2, 0) is 9.53 Å². The molecule has 0 aliphatic heterocycles. The highest BCUT2D eigenvalue weighted by Crippen LogP contribution is 2.50. The number of hydrogen-bond acceptors (Lipinski definition) is 4. The van der Waals surface area contributed by atoms with Crippen LogP contribution in [0, 0.1) is 5.41 Å². The van der Waals surface area contributed by atoms with Crippen LogP contribution < -0.4 is 11.1 Å². The lowest BCUT2D eigenvalue weighted by Gasteiger charge is -2.57. The van der Waals surface area contributed by atoms with Crippen molar-refractivity contribution in [3.8, 4) is 0 Å². The molecule has 27 heavy (non-hydrogen) atoms. The third kappa shape index (κ3) is 3.05. The van der Waals surface area contributed by atoms with Gasteiger partial charge in [0.15, 0.2) is 0 Å². The number of hydrogen-bond donors (Lipinski definition) is 2. The number of carbonyl (C=O) groups is 1. The van der Waals surface area contributed by atoms with Crippen molar-refractivity contribution in [2.45, 2.75) is 71.7 Å². The van der Waals surface area contributed by atoms with Gasteiger partial charge in [-0.2, -0.15) is 0 Å². The number of nitrogens with two attached hydrogens (primary N) is 1. The summed E-state index contributed by atoms with van der Waals surface area (Å²) in [6.45, 7) is 12.8. The Morgan fingerprint density at radius 3 is 2.63 bits per heavy atom. The maximum atomic E-state index is 13.1. The molecule has 1 fully saturated rings. The van der Waals surface area contributed by atoms with E-state index in [2.05, 4.69) is 29.8 Å². The maximum absolute atomic E-state index is 13.1. The second-order valence-corrected chi connectivity index (χ2v) is 8.46. The number of nitrogens with one attached hydrogen (secondary N) is 1. The maximum Gasteiger partial charge on any atom is 0.241 e. The van der Waals surface area contributed by atoms with Crippen molar-refractivity contribution in [1.82, 2.24) is 14.9 Å². The fourth-order valence-electron chi connectivity index (χ4n) is 4.12. The smallest absolute Gasteiger partial charge is 0.241 e. The number of ether oxygens (including phenoxy) is 1. The predicted octanol–water partition coefficient (Wildman–Crippen LogP) is 3.33. The molecular weight excluding hydrogens is 340 g/mol. The van der Waals surface area contributed by atoms with E-state index in [-0.39, 0.29) is 24.1 Å². The summed E-state index contributed by atoms with van der Waals surface area (Å²) >= 11 is 0. The summed E-state index contributed by atoms with van der Waals surface area (Å²) in [6, 6.07) is 8.04. The first-order chi connectivity index (χ1) is 12.6. The summed E-state index contributed by atoms with van der Waals surface area (Å²) in [4.78, 5) is 17.8. The lowest BCUT2D eigenvalue weighted by atomic mass is 9.54. The molecule has 0 bridgehead atoms. The second kappa shape index (κ2) is 6.91. The van der Waals surface area contributed by atoms with Gasteiger partial charge in [0, 0.05) is 24.5 Å². The van der Waals surface area contributed by atoms with Crippen molar-refractivity contribution in [3.05, 3.63) is 30.1 Å². The van der Waals surface area contributed by atoms with E-state index >= 15 is 0 Å². The molecule has 3 unspecified atom stereocenters. The summed E-state index contributed by atoms with van der Waals surface area (Å²) in [5.74, 6) is 0.708. The first-order valence-corrected chi connectivity index (χ1v) is 9.81. The minimum absolute atomic E-state index is 0.00814. The van der Waals surface area contributed by atoms with Gasteiger partial charge < -0.3 is 20.4 Å². The van der Waals surface area contributed by atoms with Crippen LogP contribution >= 0.6 is 0 Å². The van der Waals surface area contributed by atoms with Crippen molar-refractivity contribution in [2.24, 2.45) is 11.1 Å². The Hall–Kier alpha value is -1.92. The molecule has 148 valence electrons. The number of amides is 1. The van der Waals surface area contributed by atoms with Crippen molar-refractivity contribution >= 4 is 16.9 Å². The van der Waals surface area contributed by atoms with Gasteiger partial charge >= 0.3 is 0 Å². The van der Waals surface area contributed by atoms with Crippen LogP contribution in [0.2, 0.25) is 0 Å². The number of benzene rings is 1. The fourth-order valence-corrected chi connectivity index (χ4v) is 4.12. The molecule has 1 aromatic carbocycles. The number of imidazole rings is 1. The third-order valence-electron chi connectivity index (χ3n) is 6.11. The molecule has 2 aromatic rings. The summed E-state index contributed by atoms with van der Waals surface area (Å²) < 4.78 is 7.92. The van der Waals surface area contributed by atoms with Crippen molar-refractivity contribution in [3.63, 3.8) is 0 Å². The number of para-hydroxylation sites is 2. The Kier molecular flexibility index (Phi) is 5.08. The van der Waals surface area contributed by atoms with Crippen molar-refractivity contribution < 1.29 is 9.53 Å². The molecule has 1 heterocycles. The molecule has 0 saturated heterocycles. The van der Waals surface area contributed by atoms with Crippen LogP contribution in [0.1, 0.15) is 65.9 Å². The first-order valence-electron chi connectivity index (χ1n) is 9.81. The molecule has 0 radical (unpaired) electrons. The lowest BCUT2D eigenvalue weighted by molar-refractivity contribution is -0.171. The van der Waals surface area contributed by atoms with Gasteiger partial charge in [0.1, 0.15) is 11.4 Å². The zero-order chi connectivity index (χ0) is 20.0. The Balaban J connectivity index is 1.84. The van der Waals surface area contributed by atoms with E-state index in [1.807, 2.05) is 45.9 Å². The summed E-state index contributed by atoms with van der Waals surface area (Å²) in [5, 5.41) is 3.11. The van der Waals surface area contributed by atoms with Crippen molar-refractivity contribution in [1.29, 1.82) is 0 Å². The molecule has 1 saturated carbocycles. The van der Waals surface area contributed by atoms with E-state index in [0.717, 1.165) is 16.9 Å². The van der Waals surface area contributed by atoms with Crippen LogP contribution in [0.5, 0.6) is 0 Å². The van der Waals surface area contributed by atoms with Gasteiger partial charge in [0.2, 0.25) is 5.91 Å². The van der Waals surface area contributed by atoms with Crippen LogP contribution in [0.15, 0.2) is 24.3 Å². The highest BCUT2D eigenvalue weighted by Gasteiger charge is 2.63. The fraction of sp³-hybridized carbons (Fsp3) is 0.619. The number of rotatable bonds is 6. The molecule has 1 aromatic heterocycles. The number of nitrogens with zero attached hydrogens (tertiary/aromatic N) is 2. The highest BCUT2D eigenvalue weighted by atomic mass is 16.5. The molecule has 6 nitrogen and oxygen atoms in total. The number of aromatic nitrogens is 2. The summed E-state index contributed by atoms with van der Waals surface area (Å²) in [6.07, 6.45) is 0.543. The average Bonchev–Trinajstić information content (AvgIpc) is 3.01. The lowest BCUT2D eigenvalue weighted by Crippen LogP contribution is -2.75. The van der Waals surface area contributed by atoms with Gasteiger partial charge in [0.05, 0.1) is 23.2 Å². The number of fused-ring (bicyclic) bond motifs is 1. The first kappa shape index (κ1) is 19.8. The second-order valence-electron chi connectivity index (χ2n) is 8.46. The van der Waals surface area contributed by atoms with Gasteiger partial charge in [-0.15, -0.1) is 0 Å². The normalized spacial score (nSPS) is 25.4. The van der Waals surface area contributed by atoms with Crippen LogP contribution in [0.3, 0.4) is 0 Å². The van der Waals surface area contributed by atoms with Gasteiger partial charge in [0.25, 0.3) is 0 Å². The van der Waals surface area contributed by atoms with E-state index in [4.69, 9.17) is 15.5 Å². The monoisotopic (exact) mass is 372 g/mol. The molecule has 0 spiro atoms. The summed E-state index contributed by atoms with van der Waals surface area (Å²) in [7, 11) is 0. The Labute approximate surface area is 161 Å². The minimum Gasteiger partial charge on any atom is -0.378 e. The molecule has 1 amide bonds. The molecule has 3 atom stereocenters. The largest absolute Gasteiger partial charge is 0.378 e. The third-order valence-corrected chi connectivity index (χ3v) is 6.11. The topological polar surface area (TPSA) is 82.2 Å². The number of carbonyl (C=O) groups excluding carboxylic acids is 1.